The van der Waals surface area contributed by atoms with Crippen molar-refractivity contribution in [3.8, 4) is 11.3 Å². The van der Waals surface area contributed by atoms with Crippen LogP contribution in [0.3, 0.4) is 0 Å². The number of nitro benzene ring substituents is 1. The molecule has 0 saturated heterocycles. The standard InChI is InChI=1S/C20H20N3O5PS/c1-3-27-29(26,28-4-2)13-14-5-7-15(8-6-14)17-12-22-18-11-16(23(24)25)9-10-19(18)30-20(22)21-17/h5-12H,3-4,13H2,1-2H3. The topological polar surface area (TPSA) is 96.0 Å². The van der Waals surface area contributed by atoms with E-state index in [1.807, 2.05) is 34.9 Å². The number of nitro groups is 1. The molecule has 0 aliphatic carbocycles. The molecule has 10 heteroatoms. The minimum atomic E-state index is -3.16. The average Bonchev–Trinajstić information content (AvgIpc) is 3.26. The summed E-state index contributed by atoms with van der Waals surface area (Å²) in [6, 6.07) is 12.4. The Morgan fingerprint density at radius 3 is 2.47 bits per heavy atom. The van der Waals surface area contributed by atoms with E-state index in [2.05, 4.69) is 4.98 Å². The van der Waals surface area contributed by atoms with Crippen molar-refractivity contribution < 1.29 is 18.5 Å². The van der Waals surface area contributed by atoms with E-state index >= 15 is 0 Å². The Balaban J connectivity index is 1.63. The fourth-order valence-corrected chi connectivity index (χ4v) is 5.96. The SMILES string of the molecule is CCOP(=O)(Cc1ccc(-c2cn3c(n2)sc2ccc([N+](=O)[O-])cc23)cc1)OCC. The van der Waals surface area contributed by atoms with Crippen LogP contribution in [0.4, 0.5) is 5.69 Å². The summed E-state index contributed by atoms with van der Waals surface area (Å²) in [5.74, 6) is 0. The second kappa shape index (κ2) is 8.28. The highest BCUT2D eigenvalue weighted by Crippen LogP contribution is 2.51. The molecule has 0 aliphatic heterocycles. The first-order chi connectivity index (χ1) is 14.4. The Bertz CT molecular complexity index is 1250. The summed E-state index contributed by atoms with van der Waals surface area (Å²) in [7, 11) is -3.16. The van der Waals surface area contributed by atoms with Gasteiger partial charge in [-0.1, -0.05) is 35.6 Å². The van der Waals surface area contributed by atoms with E-state index in [0.29, 0.717) is 13.2 Å². The quantitative estimate of drug-likeness (QED) is 0.191. The Hall–Kier alpha value is -2.58. The number of non-ortho nitro benzene ring substituents is 1. The summed E-state index contributed by atoms with van der Waals surface area (Å²) >= 11 is 1.48. The van der Waals surface area contributed by atoms with Gasteiger partial charge in [0.2, 0.25) is 0 Å². The molecule has 0 saturated carbocycles. The summed E-state index contributed by atoms with van der Waals surface area (Å²) in [5, 5.41) is 11.1. The molecule has 4 aromatic rings. The van der Waals surface area contributed by atoms with Gasteiger partial charge in [0, 0.05) is 23.9 Å². The second-order valence-corrected chi connectivity index (χ2v) is 9.65. The van der Waals surface area contributed by atoms with Crippen molar-refractivity contribution in [1.29, 1.82) is 0 Å². The van der Waals surface area contributed by atoms with E-state index in [9.17, 15) is 14.7 Å². The summed E-state index contributed by atoms with van der Waals surface area (Å²) in [6.07, 6.45) is 2.08. The maximum atomic E-state index is 12.7. The molecule has 0 fully saturated rings. The molecular formula is C20H20N3O5PS. The fraction of sp³-hybridized carbons (Fsp3) is 0.250. The third-order valence-electron chi connectivity index (χ3n) is 4.57. The zero-order chi connectivity index (χ0) is 21.3. The first-order valence-electron chi connectivity index (χ1n) is 9.46. The molecule has 0 amide bonds. The van der Waals surface area contributed by atoms with Crippen molar-refractivity contribution in [2.24, 2.45) is 0 Å². The van der Waals surface area contributed by atoms with Crippen molar-refractivity contribution in [2.75, 3.05) is 13.2 Å². The first-order valence-corrected chi connectivity index (χ1v) is 12.0. The first kappa shape index (κ1) is 20.7. The summed E-state index contributed by atoms with van der Waals surface area (Å²) in [6.45, 7) is 4.23. The number of hydrogen-bond acceptors (Lipinski definition) is 7. The van der Waals surface area contributed by atoms with Crippen LogP contribution in [0.25, 0.3) is 26.4 Å². The van der Waals surface area contributed by atoms with Crippen LogP contribution < -0.4 is 0 Å². The van der Waals surface area contributed by atoms with E-state index in [-0.39, 0.29) is 11.8 Å². The number of benzene rings is 2. The molecule has 0 radical (unpaired) electrons. The van der Waals surface area contributed by atoms with Crippen molar-refractivity contribution >= 4 is 39.8 Å². The minimum absolute atomic E-state index is 0.0508. The Kier molecular flexibility index (Phi) is 5.71. The van der Waals surface area contributed by atoms with E-state index in [4.69, 9.17) is 9.05 Å². The van der Waals surface area contributed by atoms with Crippen LogP contribution in [0, 0.1) is 10.1 Å². The molecule has 2 aromatic carbocycles. The smallest absolute Gasteiger partial charge is 0.309 e. The van der Waals surface area contributed by atoms with Gasteiger partial charge in [0.1, 0.15) is 0 Å². The van der Waals surface area contributed by atoms with Gasteiger partial charge in [0.25, 0.3) is 5.69 Å². The molecule has 0 bridgehead atoms. The van der Waals surface area contributed by atoms with Crippen LogP contribution in [0.2, 0.25) is 0 Å². The van der Waals surface area contributed by atoms with Crippen LogP contribution in [0.5, 0.6) is 0 Å². The molecular weight excluding hydrogens is 425 g/mol. The highest BCUT2D eigenvalue weighted by Gasteiger charge is 2.24. The molecule has 0 N–H and O–H groups in total. The largest absolute Gasteiger partial charge is 0.335 e. The Labute approximate surface area is 176 Å². The molecule has 2 aromatic heterocycles. The number of thiazole rings is 1. The summed E-state index contributed by atoms with van der Waals surface area (Å²) in [4.78, 5) is 16.1. The number of fused-ring (bicyclic) bond motifs is 3. The normalized spacial score (nSPS) is 12.1. The maximum absolute atomic E-state index is 12.7. The molecule has 0 unspecified atom stereocenters. The molecule has 2 heterocycles. The lowest BCUT2D eigenvalue weighted by Gasteiger charge is -2.17. The van der Waals surface area contributed by atoms with Gasteiger partial charge in [-0.05, 0) is 25.5 Å². The van der Waals surface area contributed by atoms with E-state index in [0.717, 1.165) is 32.0 Å². The van der Waals surface area contributed by atoms with Gasteiger partial charge in [0.15, 0.2) is 4.96 Å². The van der Waals surface area contributed by atoms with Crippen molar-refractivity contribution in [3.63, 3.8) is 0 Å². The van der Waals surface area contributed by atoms with E-state index in [1.165, 1.54) is 17.4 Å². The molecule has 4 rings (SSSR count). The minimum Gasteiger partial charge on any atom is -0.309 e. The van der Waals surface area contributed by atoms with Crippen LogP contribution in [-0.2, 0) is 19.8 Å². The zero-order valence-electron chi connectivity index (χ0n) is 16.5. The summed E-state index contributed by atoms with van der Waals surface area (Å²) in [5.41, 5.74) is 3.32. The number of hydrogen-bond donors (Lipinski definition) is 0. The lowest BCUT2D eigenvalue weighted by Crippen LogP contribution is -1.99. The zero-order valence-corrected chi connectivity index (χ0v) is 18.2. The summed E-state index contributed by atoms with van der Waals surface area (Å²) < 4.78 is 26.2. The molecule has 8 nitrogen and oxygen atoms in total. The lowest BCUT2D eigenvalue weighted by atomic mass is 10.1. The van der Waals surface area contributed by atoms with Gasteiger partial charge in [-0.25, -0.2) is 4.98 Å². The van der Waals surface area contributed by atoms with Crippen LogP contribution in [-0.4, -0.2) is 27.5 Å². The Morgan fingerprint density at radius 1 is 1.13 bits per heavy atom. The maximum Gasteiger partial charge on any atom is 0.335 e. The third-order valence-corrected chi connectivity index (χ3v) is 7.66. The van der Waals surface area contributed by atoms with Gasteiger partial charge in [0.05, 0.1) is 40.2 Å². The fourth-order valence-electron chi connectivity index (χ4n) is 3.27. The molecule has 0 spiro atoms. The van der Waals surface area contributed by atoms with Crippen LogP contribution >= 0.6 is 18.9 Å². The van der Waals surface area contributed by atoms with Crippen LogP contribution in [0.15, 0.2) is 48.7 Å². The van der Waals surface area contributed by atoms with Gasteiger partial charge in [-0.3, -0.25) is 19.1 Å². The van der Waals surface area contributed by atoms with Crippen molar-refractivity contribution in [2.45, 2.75) is 20.0 Å². The van der Waals surface area contributed by atoms with Crippen molar-refractivity contribution in [3.05, 3.63) is 64.3 Å². The second-order valence-electron chi connectivity index (χ2n) is 6.59. The third kappa shape index (κ3) is 4.02. The predicted octanol–water partition coefficient (Wildman–Crippen LogP) is 5.89. The number of rotatable bonds is 8. The van der Waals surface area contributed by atoms with Crippen molar-refractivity contribution in [1.82, 2.24) is 9.38 Å². The average molecular weight is 445 g/mol. The molecule has 30 heavy (non-hydrogen) atoms. The number of nitrogens with zero attached hydrogens (tertiary/aromatic N) is 3. The molecule has 156 valence electrons. The van der Waals surface area contributed by atoms with Gasteiger partial charge >= 0.3 is 7.60 Å². The molecule has 0 aliphatic rings. The number of aromatic nitrogens is 2. The number of imidazole rings is 1. The highest BCUT2D eigenvalue weighted by atomic mass is 32.1. The lowest BCUT2D eigenvalue weighted by molar-refractivity contribution is -0.384. The van der Waals surface area contributed by atoms with Gasteiger partial charge in [-0.15, -0.1) is 0 Å². The van der Waals surface area contributed by atoms with E-state index < -0.39 is 12.5 Å². The van der Waals surface area contributed by atoms with Gasteiger partial charge in [-0.2, -0.15) is 0 Å². The Morgan fingerprint density at radius 2 is 1.83 bits per heavy atom. The van der Waals surface area contributed by atoms with Crippen LogP contribution in [0.1, 0.15) is 19.4 Å². The predicted molar refractivity (Wildman–Crippen MR) is 117 cm³/mol. The highest BCUT2D eigenvalue weighted by molar-refractivity contribution is 7.53. The van der Waals surface area contributed by atoms with E-state index in [1.54, 1.807) is 26.0 Å². The molecule has 0 atom stereocenters. The van der Waals surface area contributed by atoms with Gasteiger partial charge < -0.3 is 9.05 Å². The monoisotopic (exact) mass is 445 g/mol.